The number of fused-ring (bicyclic) bond motifs is 2. The van der Waals surface area contributed by atoms with Crippen molar-refractivity contribution in [1.82, 2.24) is 0 Å². The van der Waals surface area contributed by atoms with Crippen LogP contribution in [0.2, 0.25) is 0 Å². The average molecular weight is 744 g/mol. The van der Waals surface area contributed by atoms with Crippen LogP contribution in [0.4, 0.5) is 0 Å². The fourth-order valence-corrected chi connectivity index (χ4v) is 7.62. The van der Waals surface area contributed by atoms with Crippen molar-refractivity contribution >= 4 is 16.8 Å². The zero-order chi connectivity index (χ0) is 31.7. The first-order valence-electron chi connectivity index (χ1n) is 16.7. The van der Waals surface area contributed by atoms with Gasteiger partial charge in [0.2, 0.25) is 0 Å². The van der Waals surface area contributed by atoms with E-state index in [4.69, 9.17) is 0 Å². The Kier molecular flexibility index (Phi) is 10.2. The molecule has 0 saturated heterocycles. The van der Waals surface area contributed by atoms with Crippen LogP contribution in [0.15, 0.2) is 35.9 Å². The zero-order valence-electron chi connectivity index (χ0n) is 30.6. The number of hydrogen-bond donors (Lipinski definition) is 0. The molecule has 43 heavy (non-hydrogen) atoms. The summed E-state index contributed by atoms with van der Waals surface area (Å²) in [6.45, 7) is 38.2. The maximum absolute atomic E-state index is 2.60. The van der Waals surface area contributed by atoms with Crippen molar-refractivity contribution in [2.45, 2.75) is 157 Å². The molecular formula is C42H61Hf-. The number of benzene rings is 2. The molecule has 1 atom stereocenters. The van der Waals surface area contributed by atoms with E-state index in [9.17, 15) is 0 Å². The predicted molar refractivity (Wildman–Crippen MR) is 189 cm³/mol. The molecule has 0 heterocycles. The molecule has 1 aliphatic carbocycles. The monoisotopic (exact) mass is 745 g/mol. The molecule has 0 radical (unpaired) electrons. The molecule has 0 aliphatic heterocycles. The number of rotatable bonds is 5. The Morgan fingerprint density at radius 1 is 0.628 bits per heavy atom. The van der Waals surface area contributed by atoms with Gasteiger partial charge < -0.3 is 0 Å². The van der Waals surface area contributed by atoms with Crippen LogP contribution < -0.4 is 0 Å². The van der Waals surface area contributed by atoms with E-state index in [1.807, 2.05) is 0 Å². The molecule has 0 bridgehead atoms. The first-order valence-corrected chi connectivity index (χ1v) is 16.7. The Labute approximate surface area is 284 Å². The summed E-state index contributed by atoms with van der Waals surface area (Å²) in [6, 6.07) is 12.3. The van der Waals surface area contributed by atoms with Gasteiger partial charge in [-0.05, 0) is 62.2 Å². The first kappa shape index (κ1) is 36.1. The minimum atomic E-state index is 0. The standard InChI is InChI=1S/C42H61.Hf/c1-25(2)29-23-31-33(39(5,6)7)19-21-35(41(11,12)13)37(31)27(29)17-18-28-30(26(3)4)24-32-34(40(8,9)10)20-22-36(38(28)32)42(14,15)16;/h19-27H,17-18H2,1-16H3;/q-1;. The molecule has 0 aromatic heterocycles. The van der Waals surface area contributed by atoms with Crippen LogP contribution in [0.25, 0.3) is 16.8 Å². The van der Waals surface area contributed by atoms with Gasteiger partial charge in [0, 0.05) is 31.8 Å². The van der Waals surface area contributed by atoms with E-state index in [2.05, 4.69) is 147 Å². The molecule has 4 rings (SSSR count). The van der Waals surface area contributed by atoms with Gasteiger partial charge in [0.1, 0.15) is 0 Å². The van der Waals surface area contributed by atoms with Gasteiger partial charge in [-0.3, -0.25) is 0 Å². The summed E-state index contributed by atoms with van der Waals surface area (Å²) in [5.41, 5.74) is 14.4. The third kappa shape index (κ3) is 6.93. The van der Waals surface area contributed by atoms with Crippen molar-refractivity contribution in [3.63, 3.8) is 0 Å². The summed E-state index contributed by atoms with van der Waals surface area (Å²) < 4.78 is 0. The third-order valence-corrected chi connectivity index (χ3v) is 9.75. The second-order valence-electron chi connectivity index (χ2n) is 18.1. The average Bonchev–Trinajstić information content (AvgIpc) is 3.38. The van der Waals surface area contributed by atoms with Crippen molar-refractivity contribution in [1.29, 1.82) is 0 Å². The van der Waals surface area contributed by atoms with E-state index < -0.39 is 0 Å². The van der Waals surface area contributed by atoms with Gasteiger partial charge in [-0.15, -0.1) is 33.5 Å². The van der Waals surface area contributed by atoms with Crippen LogP contribution in [0, 0.1) is 5.92 Å². The van der Waals surface area contributed by atoms with Crippen LogP contribution in [-0.4, -0.2) is 0 Å². The van der Waals surface area contributed by atoms with Crippen LogP contribution >= 0.6 is 0 Å². The Morgan fingerprint density at radius 3 is 1.56 bits per heavy atom. The molecule has 3 aromatic carbocycles. The summed E-state index contributed by atoms with van der Waals surface area (Å²) in [5.74, 6) is 1.49. The SMILES string of the molecule is CC(C)C1=Cc2c(C(C)(C)C)ccc(C(C)(C)C)c2C1CC[c-]1c(C(C)C)cc2c(C(C)(C)C)ccc(C(C)(C)C)c21.[Hf]. The van der Waals surface area contributed by atoms with Gasteiger partial charge in [-0.1, -0.05) is 153 Å². The van der Waals surface area contributed by atoms with Gasteiger partial charge in [0.25, 0.3) is 0 Å². The Bertz CT molecular complexity index is 1490. The van der Waals surface area contributed by atoms with Gasteiger partial charge in [-0.25, -0.2) is 0 Å². The molecule has 0 N–H and O–H groups in total. The second-order valence-corrected chi connectivity index (χ2v) is 18.1. The number of allylic oxidation sites excluding steroid dienone is 1. The fourth-order valence-electron chi connectivity index (χ4n) is 7.62. The van der Waals surface area contributed by atoms with Crippen LogP contribution in [0.5, 0.6) is 0 Å². The van der Waals surface area contributed by atoms with E-state index in [1.54, 1.807) is 27.6 Å². The van der Waals surface area contributed by atoms with Crippen LogP contribution in [0.1, 0.15) is 174 Å². The number of aryl methyl sites for hydroxylation is 1. The molecule has 234 valence electrons. The second kappa shape index (κ2) is 12.1. The van der Waals surface area contributed by atoms with E-state index in [0.29, 0.717) is 17.8 Å². The third-order valence-electron chi connectivity index (χ3n) is 9.75. The Hall–Kier alpha value is -1.34. The normalized spacial score (nSPS) is 16.2. The minimum Gasteiger partial charge on any atom is -0.164 e. The molecule has 1 aliphatic rings. The van der Waals surface area contributed by atoms with Crippen molar-refractivity contribution < 1.29 is 25.8 Å². The van der Waals surface area contributed by atoms with Crippen LogP contribution in [-0.2, 0) is 53.9 Å². The summed E-state index contributed by atoms with van der Waals surface area (Å²) in [5, 5.41) is 3.04. The van der Waals surface area contributed by atoms with Crippen molar-refractivity contribution in [3.05, 3.63) is 80.4 Å². The maximum Gasteiger partial charge on any atom is 0.00588 e. The van der Waals surface area contributed by atoms with Crippen molar-refractivity contribution in [2.24, 2.45) is 5.92 Å². The molecule has 0 spiro atoms. The maximum atomic E-state index is 2.60. The minimum absolute atomic E-state index is 0. The van der Waals surface area contributed by atoms with E-state index >= 15 is 0 Å². The van der Waals surface area contributed by atoms with Gasteiger partial charge in [0.05, 0.1) is 0 Å². The quantitative estimate of drug-likeness (QED) is 0.180. The molecule has 0 fully saturated rings. The van der Waals surface area contributed by atoms with Crippen molar-refractivity contribution in [3.8, 4) is 0 Å². The van der Waals surface area contributed by atoms with E-state index in [0.717, 1.165) is 12.8 Å². The summed E-state index contributed by atoms with van der Waals surface area (Å²) in [4.78, 5) is 0. The molecule has 0 nitrogen and oxygen atoms in total. The molecule has 0 saturated carbocycles. The molecular weight excluding hydrogens is 683 g/mol. The Morgan fingerprint density at radius 2 is 1.09 bits per heavy atom. The fraction of sp³-hybridized carbons (Fsp3) is 0.595. The molecule has 3 aromatic rings. The first-order chi connectivity index (χ1) is 19.0. The van der Waals surface area contributed by atoms with Crippen molar-refractivity contribution in [2.75, 3.05) is 0 Å². The van der Waals surface area contributed by atoms with Gasteiger partial charge in [-0.2, -0.15) is 6.07 Å². The summed E-state index contributed by atoms with van der Waals surface area (Å²) in [7, 11) is 0. The predicted octanol–water partition coefficient (Wildman–Crippen LogP) is 12.6. The number of hydrogen-bond acceptors (Lipinski definition) is 0. The van der Waals surface area contributed by atoms with Crippen LogP contribution in [0.3, 0.4) is 0 Å². The van der Waals surface area contributed by atoms with E-state index in [1.165, 1.54) is 33.2 Å². The largest absolute Gasteiger partial charge is 0.164 e. The molecule has 0 amide bonds. The molecule has 1 unspecified atom stereocenters. The summed E-state index contributed by atoms with van der Waals surface area (Å²) in [6.07, 6.45) is 4.88. The Balaban J connectivity index is 0.00000506. The molecule has 1 heteroatoms. The van der Waals surface area contributed by atoms with Gasteiger partial charge >= 0.3 is 0 Å². The topological polar surface area (TPSA) is 0 Å². The van der Waals surface area contributed by atoms with E-state index in [-0.39, 0.29) is 47.5 Å². The van der Waals surface area contributed by atoms with Gasteiger partial charge in [0.15, 0.2) is 0 Å². The summed E-state index contributed by atoms with van der Waals surface area (Å²) >= 11 is 0. The zero-order valence-corrected chi connectivity index (χ0v) is 34.2. The smallest absolute Gasteiger partial charge is 0.00588 e.